The Kier molecular flexibility index (Phi) is 3.21. The van der Waals surface area contributed by atoms with Gasteiger partial charge < -0.3 is 5.21 Å². The van der Waals surface area contributed by atoms with E-state index in [2.05, 4.69) is 5.16 Å². The first-order valence-electron chi connectivity index (χ1n) is 3.66. The molecule has 0 bridgehead atoms. The molecule has 0 aliphatic carbocycles. The maximum atomic E-state index is 10.6. The zero-order valence-electron chi connectivity index (χ0n) is 7.22. The molecule has 0 aliphatic rings. The highest BCUT2D eigenvalue weighted by molar-refractivity contribution is 6.69. The molecule has 0 aromatic heterocycles. The molecule has 0 unspecified atom stereocenters. The van der Waals surface area contributed by atoms with Gasteiger partial charge in [0.1, 0.15) is 0 Å². The molecule has 0 saturated heterocycles. The normalized spacial score (nSPS) is 10.8. The number of hydrogen-bond donors (Lipinski definition) is 1. The van der Waals surface area contributed by atoms with E-state index in [4.69, 9.17) is 22.1 Å². The Hall–Kier alpha value is -2.13. The lowest BCUT2D eigenvalue weighted by Crippen LogP contribution is -1.99. The molecule has 0 amide bonds. The summed E-state index contributed by atoms with van der Waals surface area (Å²) in [6.45, 7) is 0. The predicted molar refractivity (Wildman–Crippen MR) is 52.0 cm³/mol. The quantitative estimate of drug-likeness (QED) is 0.359. The van der Waals surface area contributed by atoms with Gasteiger partial charge >= 0.3 is 0 Å². The van der Waals surface area contributed by atoms with Crippen molar-refractivity contribution in [1.29, 1.82) is 5.26 Å². The molecule has 6 nitrogen and oxygen atoms in total. The summed E-state index contributed by atoms with van der Waals surface area (Å²) in [5, 5.41) is 29.8. The van der Waals surface area contributed by atoms with Crippen LogP contribution in [-0.4, -0.2) is 15.3 Å². The number of hydrogen-bond acceptors (Lipinski definition) is 5. The van der Waals surface area contributed by atoms with Gasteiger partial charge in [-0.1, -0.05) is 16.8 Å². The molecule has 1 rings (SSSR count). The second-order valence-electron chi connectivity index (χ2n) is 2.49. The minimum atomic E-state index is -0.705. The highest BCUT2D eigenvalue weighted by atomic mass is 35.5. The number of oxime groups is 1. The van der Waals surface area contributed by atoms with Crippen LogP contribution in [0.5, 0.6) is 0 Å². The Labute approximate surface area is 89.2 Å². The Morgan fingerprint density at radius 1 is 1.67 bits per heavy atom. The second kappa shape index (κ2) is 4.39. The van der Waals surface area contributed by atoms with Crippen LogP contribution in [0.1, 0.15) is 11.1 Å². The number of benzene rings is 1. The second-order valence-corrected chi connectivity index (χ2v) is 2.85. The number of halogens is 1. The van der Waals surface area contributed by atoms with E-state index in [0.717, 1.165) is 6.07 Å². The fraction of sp³-hybridized carbons (Fsp3) is 0. The van der Waals surface area contributed by atoms with E-state index in [9.17, 15) is 10.1 Å². The largest absolute Gasteiger partial charge is 0.410 e. The molecule has 0 aliphatic heterocycles. The van der Waals surface area contributed by atoms with Crippen molar-refractivity contribution in [3.05, 3.63) is 39.4 Å². The van der Waals surface area contributed by atoms with Crippen LogP contribution in [0.25, 0.3) is 0 Å². The van der Waals surface area contributed by atoms with E-state index in [1.807, 2.05) is 0 Å². The van der Waals surface area contributed by atoms with Crippen molar-refractivity contribution in [3.63, 3.8) is 0 Å². The van der Waals surface area contributed by atoms with Gasteiger partial charge in [-0.25, -0.2) is 0 Å². The highest BCUT2D eigenvalue weighted by Gasteiger charge is 2.18. The van der Waals surface area contributed by atoms with E-state index in [-0.39, 0.29) is 16.8 Å². The van der Waals surface area contributed by atoms with Crippen LogP contribution >= 0.6 is 11.6 Å². The van der Waals surface area contributed by atoms with Crippen molar-refractivity contribution >= 4 is 22.5 Å². The number of rotatable bonds is 2. The average molecular weight is 226 g/mol. The van der Waals surface area contributed by atoms with Gasteiger partial charge in [-0.05, 0) is 12.1 Å². The summed E-state index contributed by atoms with van der Waals surface area (Å²) in [7, 11) is 0. The summed E-state index contributed by atoms with van der Waals surface area (Å²) in [5.74, 6) is 0. The minimum absolute atomic E-state index is 0.0387. The van der Waals surface area contributed by atoms with Crippen LogP contribution in [0.2, 0.25) is 0 Å². The Bertz CT molecular complexity index is 479. The van der Waals surface area contributed by atoms with Gasteiger partial charge in [0.05, 0.1) is 22.1 Å². The number of nitrogens with zero attached hydrogens (tertiary/aromatic N) is 3. The van der Waals surface area contributed by atoms with Gasteiger partial charge in [0.15, 0.2) is 5.17 Å². The average Bonchev–Trinajstić information content (AvgIpc) is 2.27. The monoisotopic (exact) mass is 225 g/mol. The van der Waals surface area contributed by atoms with Crippen LogP contribution in [0.15, 0.2) is 23.4 Å². The molecule has 0 heterocycles. The molecule has 7 heteroatoms. The van der Waals surface area contributed by atoms with E-state index in [1.54, 1.807) is 6.07 Å². The number of nitro groups is 1. The summed E-state index contributed by atoms with van der Waals surface area (Å²) in [6, 6.07) is 5.41. The maximum absolute atomic E-state index is 10.6. The van der Waals surface area contributed by atoms with Crippen LogP contribution in [0, 0.1) is 21.4 Å². The van der Waals surface area contributed by atoms with Crippen molar-refractivity contribution in [1.82, 2.24) is 0 Å². The summed E-state index contributed by atoms with van der Waals surface area (Å²) in [6.07, 6.45) is 0. The lowest BCUT2D eigenvalue weighted by molar-refractivity contribution is -0.385. The molecule has 1 N–H and O–H groups in total. The predicted octanol–water partition coefficient (Wildman–Crippen LogP) is 1.84. The molecule has 0 spiro atoms. The zero-order chi connectivity index (χ0) is 11.4. The van der Waals surface area contributed by atoms with Gasteiger partial charge in [0, 0.05) is 6.07 Å². The number of nitro benzene ring substituents is 1. The topological polar surface area (TPSA) is 99.5 Å². The van der Waals surface area contributed by atoms with Crippen molar-refractivity contribution in [2.75, 3.05) is 0 Å². The molecular formula is C8H4ClN3O3. The Balaban J connectivity index is 3.42. The lowest BCUT2D eigenvalue weighted by atomic mass is 10.1. The summed E-state index contributed by atoms with van der Waals surface area (Å²) < 4.78 is 0. The zero-order valence-corrected chi connectivity index (χ0v) is 7.97. The molecule has 0 fully saturated rings. The maximum Gasteiger partial charge on any atom is 0.281 e. The van der Waals surface area contributed by atoms with E-state index >= 15 is 0 Å². The summed E-state index contributed by atoms with van der Waals surface area (Å²) >= 11 is 5.45. The SMILES string of the molecule is N#Cc1ccc(/C(Cl)=N/O)c([N+](=O)[O-])c1. The van der Waals surface area contributed by atoms with Crippen molar-refractivity contribution in [2.24, 2.45) is 5.16 Å². The van der Waals surface area contributed by atoms with Gasteiger partial charge in [-0.3, -0.25) is 10.1 Å². The van der Waals surface area contributed by atoms with Crippen molar-refractivity contribution in [2.45, 2.75) is 0 Å². The first kappa shape index (κ1) is 10.9. The van der Waals surface area contributed by atoms with E-state index < -0.39 is 10.1 Å². The molecule has 1 aromatic rings. The van der Waals surface area contributed by atoms with Crippen LogP contribution in [0.3, 0.4) is 0 Å². The fourth-order valence-electron chi connectivity index (χ4n) is 0.981. The van der Waals surface area contributed by atoms with Gasteiger partial charge in [0.25, 0.3) is 5.69 Å². The molecule has 76 valence electrons. The highest BCUT2D eigenvalue weighted by Crippen LogP contribution is 2.22. The van der Waals surface area contributed by atoms with Crippen molar-refractivity contribution in [3.8, 4) is 6.07 Å². The van der Waals surface area contributed by atoms with Gasteiger partial charge in [0.2, 0.25) is 0 Å². The first-order chi connectivity index (χ1) is 7.10. The third-order valence-corrected chi connectivity index (χ3v) is 1.91. The third-order valence-electron chi connectivity index (χ3n) is 1.63. The van der Waals surface area contributed by atoms with Crippen molar-refractivity contribution < 1.29 is 10.1 Å². The number of nitriles is 1. The Morgan fingerprint density at radius 2 is 2.33 bits per heavy atom. The smallest absolute Gasteiger partial charge is 0.281 e. The summed E-state index contributed by atoms with van der Waals surface area (Å²) in [5.41, 5.74) is -0.284. The standard InChI is InChI=1S/C8H4ClN3O3/c9-8(11-13)6-2-1-5(4-10)3-7(6)12(14)15/h1-3,13H/b11-8-. The molecule has 0 atom stereocenters. The summed E-state index contributed by atoms with van der Waals surface area (Å²) in [4.78, 5) is 9.91. The fourth-order valence-corrected chi connectivity index (χ4v) is 1.14. The van der Waals surface area contributed by atoms with Crippen LogP contribution in [-0.2, 0) is 0 Å². The van der Waals surface area contributed by atoms with E-state index in [1.165, 1.54) is 12.1 Å². The molecule has 15 heavy (non-hydrogen) atoms. The van der Waals surface area contributed by atoms with Gasteiger partial charge in [-0.2, -0.15) is 5.26 Å². The Morgan fingerprint density at radius 3 is 2.80 bits per heavy atom. The van der Waals surface area contributed by atoms with E-state index in [0.29, 0.717) is 0 Å². The molecule has 0 radical (unpaired) electrons. The molecule has 1 aromatic carbocycles. The first-order valence-corrected chi connectivity index (χ1v) is 4.04. The molecule has 0 saturated carbocycles. The van der Waals surface area contributed by atoms with Gasteiger partial charge in [-0.15, -0.1) is 0 Å². The van der Waals surface area contributed by atoms with Crippen LogP contribution < -0.4 is 0 Å². The lowest BCUT2D eigenvalue weighted by Gasteiger charge is -1.99. The third kappa shape index (κ3) is 2.21. The molecular weight excluding hydrogens is 222 g/mol. The minimum Gasteiger partial charge on any atom is -0.410 e. The van der Waals surface area contributed by atoms with Crippen LogP contribution in [0.4, 0.5) is 5.69 Å².